The van der Waals surface area contributed by atoms with Crippen molar-refractivity contribution < 1.29 is 10.2 Å². The van der Waals surface area contributed by atoms with Crippen LogP contribution >= 0.6 is 11.3 Å². The van der Waals surface area contributed by atoms with Crippen molar-refractivity contribution in [1.29, 1.82) is 0 Å². The van der Waals surface area contributed by atoms with Gasteiger partial charge in [0.2, 0.25) is 0 Å². The number of phenolic OH excluding ortho intramolecular Hbond substituents is 2. The first-order valence-electron chi connectivity index (χ1n) is 8.15. The second kappa shape index (κ2) is 6.69. The fourth-order valence-electron chi connectivity index (χ4n) is 2.70. The maximum Gasteiger partial charge on any atom is 0.283 e. The molecule has 7 heteroatoms. The first-order valence-corrected chi connectivity index (χ1v) is 9.03. The number of hydrogen-bond acceptors (Lipinski definition) is 6. The van der Waals surface area contributed by atoms with Crippen LogP contribution in [-0.2, 0) is 0 Å². The van der Waals surface area contributed by atoms with Crippen LogP contribution in [0, 0.1) is 6.92 Å². The Hall–Kier alpha value is -3.45. The van der Waals surface area contributed by atoms with Crippen LogP contribution in [0.4, 0.5) is 0 Å². The van der Waals surface area contributed by atoms with Crippen LogP contribution in [0.5, 0.6) is 11.5 Å². The number of aromatic nitrogens is 2. The first-order chi connectivity index (χ1) is 13.0. The average Bonchev–Trinajstić information content (AvgIpc) is 3.09. The Morgan fingerprint density at radius 1 is 1.11 bits per heavy atom. The van der Waals surface area contributed by atoms with Crippen LogP contribution in [-0.4, -0.2) is 26.1 Å². The lowest BCUT2D eigenvalue weighted by molar-refractivity contribution is 0.403. The summed E-state index contributed by atoms with van der Waals surface area (Å²) in [6.45, 7) is 2.01. The molecule has 2 heterocycles. The molecule has 0 bridgehead atoms. The van der Waals surface area contributed by atoms with Crippen LogP contribution < -0.4 is 5.56 Å². The van der Waals surface area contributed by atoms with Crippen molar-refractivity contribution in [3.63, 3.8) is 0 Å². The molecule has 6 nitrogen and oxygen atoms in total. The van der Waals surface area contributed by atoms with Crippen molar-refractivity contribution in [3.8, 4) is 22.6 Å². The largest absolute Gasteiger partial charge is 0.504 e. The summed E-state index contributed by atoms with van der Waals surface area (Å²) in [5, 5.41) is 25.5. The number of nitrogens with zero attached hydrogens (tertiary/aromatic N) is 3. The van der Waals surface area contributed by atoms with Gasteiger partial charge < -0.3 is 10.2 Å². The molecule has 0 fully saturated rings. The summed E-state index contributed by atoms with van der Waals surface area (Å²) in [4.78, 5) is 17.9. The highest BCUT2D eigenvalue weighted by molar-refractivity contribution is 7.17. The van der Waals surface area contributed by atoms with Crippen molar-refractivity contribution in [2.75, 3.05) is 0 Å². The molecule has 0 aliphatic carbocycles. The van der Waals surface area contributed by atoms with Crippen molar-refractivity contribution in [2.24, 2.45) is 5.10 Å². The van der Waals surface area contributed by atoms with Crippen LogP contribution in [0.1, 0.15) is 11.1 Å². The third kappa shape index (κ3) is 3.20. The van der Waals surface area contributed by atoms with E-state index in [-0.39, 0.29) is 17.1 Å². The predicted molar refractivity (Wildman–Crippen MR) is 107 cm³/mol. The Morgan fingerprint density at radius 3 is 2.63 bits per heavy atom. The second-order valence-electron chi connectivity index (χ2n) is 6.08. The number of benzene rings is 2. The van der Waals surface area contributed by atoms with E-state index in [1.165, 1.54) is 36.0 Å². The van der Waals surface area contributed by atoms with E-state index in [9.17, 15) is 15.0 Å². The smallest absolute Gasteiger partial charge is 0.283 e. The molecule has 4 aromatic rings. The lowest BCUT2D eigenvalue weighted by Crippen LogP contribution is -2.16. The van der Waals surface area contributed by atoms with E-state index in [0.717, 1.165) is 21.4 Å². The van der Waals surface area contributed by atoms with Crippen LogP contribution in [0.25, 0.3) is 21.3 Å². The van der Waals surface area contributed by atoms with Gasteiger partial charge in [-0.25, -0.2) is 4.98 Å². The van der Waals surface area contributed by atoms with Gasteiger partial charge in [-0.05, 0) is 36.2 Å². The minimum atomic E-state index is -0.268. The molecule has 134 valence electrons. The molecule has 0 radical (unpaired) electrons. The Bertz CT molecular complexity index is 1220. The van der Waals surface area contributed by atoms with Crippen molar-refractivity contribution in [1.82, 2.24) is 9.66 Å². The molecule has 0 saturated carbocycles. The average molecular weight is 377 g/mol. The minimum Gasteiger partial charge on any atom is -0.504 e. The molecular weight excluding hydrogens is 362 g/mol. The molecule has 0 spiro atoms. The van der Waals surface area contributed by atoms with Gasteiger partial charge in [0.25, 0.3) is 5.56 Å². The van der Waals surface area contributed by atoms with E-state index in [1.54, 1.807) is 6.07 Å². The number of hydrogen-bond donors (Lipinski definition) is 2. The third-order valence-corrected chi connectivity index (χ3v) is 5.06. The number of thiophene rings is 1. The number of phenols is 2. The molecular formula is C20H15N3O3S. The fraction of sp³-hybridized carbons (Fsp3) is 0.0500. The number of aryl methyl sites for hydroxylation is 1. The van der Waals surface area contributed by atoms with Gasteiger partial charge in [-0.1, -0.05) is 29.8 Å². The summed E-state index contributed by atoms with van der Waals surface area (Å²) in [5.74, 6) is -0.465. The standard InChI is InChI=1S/C20H15N3O3S/c1-12-2-5-14(6-3-12)15-10-27-19-18(15)20(26)23(11-21-19)22-9-13-4-7-16(24)17(25)8-13/h2-11,24-25H,1H3/b22-9+. The zero-order valence-electron chi connectivity index (χ0n) is 14.3. The topological polar surface area (TPSA) is 87.7 Å². The predicted octanol–water partition coefficient (Wildman–Crippen LogP) is 3.73. The molecule has 2 aromatic carbocycles. The van der Waals surface area contributed by atoms with Gasteiger partial charge in [0.05, 0.1) is 11.6 Å². The van der Waals surface area contributed by atoms with Gasteiger partial charge in [0.15, 0.2) is 11.5 Å². The molecule has 27 heavy (non-hydrogen) atoms. The molecule has 0 saturated heterocycles. The van der Waals surface area contributed by atoms with Crippen molar-refractivity contribution in [3.05, 3.63) is 75.7 Å². The summed E-state index contributed by atoms with van der Waals surface area (Å²) in [7, 11) is 0. The SMILES string of the molecule is Cc1ccc(-c2csc3ncn(/N=C/c4ccc(O)c(O)c4)c(=O)c23)cc1. The van der Waals surface area contributed by atoms with E-state index >= 15 is 0 Å². The highest BCUT2D eigenvalue weighted by atomic mass is 32.1. The van der Waals surface area contributed by atoms with Gasteiger partial charge in [-0.15, -0.1) is 11.3 Å². The summed E-state index contributed by atoms with van der Waals surface area (Å²) >= 11 is 1.42. The van der Waals surface area contributed by atoms with Crippen LogP contribution in [0.15, 0.2) is 64.1 Å². The van der Waals surface area contributed by atoms with Crippen molar-refractivity contribution >= 4 is 27.8 Å². The molecule has 0 amide bonds. The normalized spacial score (nSPS) is 11.4. The lowest BCUT2D eigenvalue weighted by Gasteiger charge is -2.02. The summed E-state index contributed by atoms with van der Waals surface area (Å²) < 4.78 is 1.16. The molecule has 2 aromatic heterocycles. The van der Waals surface area contributed by atoms with Gasteiger partial charge in [-0.2, -0.15) is 9.78 Å². The summed E-state index contributed by atoms with van der Waals surface area (Å²) in [6, 6.07) is 12.3. The Labute approximate surface area is 158 Å². The second-order valence-corrected chi connectivity index (χ2v) is 6.94. The first kappa shape index (κ1) is 17.0. The van der Waals surface area contributed by atoms with E-state index in [2.05, 4.69) is 10.1 Å². The van der Waals surface area contributed by atoms with Crippen molar-refractivity contribution in [2.45, 2.75) is 6.92 Å². The third-order valence-electron chi connectivity index (χ3n) is 4.17. The van der Waals surface area contributed by atoms with E-state index < -0.39 is 0 Å². The number of aromatic hydroxyl groups is 2. The Balaban J connectivity index is 1.78. The maximum atomic E-state index is 12.9. The van der Waals surface area contributed by atoms with Gasteiger partial charge >= 0.3 is 0 Å². The van der Waals surface area contributed by atoms with Crippen LogP contribution in [0.3, 0.4) is 0 Å². The van der Waals surface area contributed by atoms with Gasteiger partial charge in [-0.3, -0.25) is 4.79 Å². The van der Waals surface area contributed by atoms with Crippen LogP contribution in [0.2, 0.25) is 0 Å². The Morgan fingerprint density at radius 2 is 1.89 bits per heavy atom. The number of rotatable bonds is 3. The molecule has 2 N–H and O–H groups in total. The Kier molecular flexibility index (Phi) is 4.21. The minimum absolute atomic E-state index is 0.214. The molecule has 0 aliphatic heterocycles. The zero-order chi connectivity index (χ0) is 19.0. The maximum absolute atomic E-state index is 12.9. The quantitative estimate of drug-likeness (QED) is 0.421. The number of fused-ring (bicyclic) bond motifs is 1. The van der Waals surface area contributed by atoms with Gasteiger partial charge in [0, 0.05) is 10.9 Å². The molecule has 0 aliphatic rings. The zero-order valence-corrected chi connectivity index (χ0v) is 15.1. The lowest BCUT2D eigenvalue weighted by atomic mass is 10.1. The highest BCUT2D eigenvalue weighted by Crippen LogP contribution is 2.30. The highest BCUT2D eigenvalue weighted by Gasteiger charge is 2.13. The van der Waals surface area contributed by atoms with E-state index in [1.807, 2.05) is 36.6 Å². The monoisotopic (exact) mass is 377 g/mol. The van der Waals surface area contributed by atoms with E-state index in [4.69, 9.17) is 0 Å². The fourth-order valence-corrected chi connectivity index (χ4v) is 3.61. The van der Waals surface area contributed by atoms with E-state index in [0.29, 0.717) is 15.8 Å². The van der Waals surface area contributed by atoms with Gasteiger partial charge in [0.1, 0.15) is 11.2 Å². The summed E-state index contributed by atoms with van der Waals surface area (Å²) in [6.07, 6.45) is 2.79. The molecule has 0 unspecified atom stereocenters. The molecule has 4 rings (SSSR count). The molecule has 0 atom stereocenters. The summed E-state index contributed by atoms with van der Waals surface area (Å²) in [5.41, 5.74) is 3.21.